The van der Waals surface area contributed by atoms with Crippen LogP contribution < -0.4 is 5.32 Å². The Morgan fingerprint density at radius 2 is 1.72 bits per heavy atom. The molecule has 2 aromatic carbocycles. The minimum absolute atomic E-state index is 0.0697. The first-order valence-corrected chi connectivity index (χ1v) is 10.2. The van der Waals surface area contributed by atoms with Crippen LogP contribution in [0.4, 0.5) is 10.1 Å². The summed E-state index contributed by atoms with van der Waals surface area (Å²) in [6, 6.07) is 13.4. The highest BCUT2D eigenvalue weighted by atomic mass is 19.1. The molecule has 2 aromatic rings. The Kier molecular flexibility index (Phi) is 5.67. The van der Waals surface area contributed by atoms with Gasteiger partial charge in [-0.15, -0.1) is 0 Å². The van der Waals surface area contributed by atoms with Gasteiger partial charge in [-0.2, -0.15) is 0 Å². The number of benzene rings is 2. The molecule has 0 radical (unpaired) electrons. The average Bonchev–Trinajstić information content (AvgIpc) is 3.56. The van der Waals surface area contributed by atoms with E-state index in [1.807, 2.05) is 24.3 Å². The van der Waals surface area contributed by atoms with Gasteiger partial charge in [-0.25, -0.2) is 4.39 Å². The van der Waals surface area contributed by atoms with E-state index in [2.05, 4.69) is 10.2 Å². The van der Waals surface area contributed by atoms with Gasteiger partial charge in [0, 0.05) is 31.2 Å². The molecule has 3 N–H and O–H groups in total. The molecule has 1 atom stereocenters. The van der Waals surface area contributed by atoms with Crippen molar-refractivity contribution in [3.63, 3.8) is 0 Å². The molecule has 0 spiro atoms. The molecule has 154 valence electrons. The Morgan fingerprint density at radius 1 is 1.10 bits per heavy atom. The van der Waals surface area contributed by atoms with Gasteiger partial charge in [0.2, 0.25) is 5.91 Å². The Balaban J connectivity index is 1.29. The van der Waals surface area contributed by atoms with Crippen molar-refractivity contribution in [3.8, 4) is 0 Å². The zero-order valence-electron chi connectivity index (χ0n) is 16.4. The van der Waals surface area contributed by atoms with Gasteiger partial charge < -0.3 is 20.4 Å². The fraction of sp³-hybridized carbons (Fsp3) is 0.435. The molecule has 1 aliphatic carbocycles. The highest BCUT2D eigenvalue weighted by Gasteiger charge is 2.34. The summed E-state index contributed by atoms with van der Waals surface area (Å²) in [4.78, 5) is 14.0. The van der Waals surface area contributed by atoms with E-state index in [1.54, 1.807) is 12.1 Å². The molecule has 1 aliphatic heterocycles. The molecule has 1 amide bonds. The van der Waals surface area contributed by atoms with Crippen LogP contribution in [0.3, 0.4) is 0 Å². The summed E-state index contributed by atoms with van der Waals surface area (Å²) in [6.45, 7) is 1.79. The minimum atomic E-state index is -0.948. The summed E-state index contributed by atoms with van der Waals surface area (Å²) in [5, 5.41) is 24.4. The maximum absolute atomic E-state index is 13.1. The number of carbonyl (C=O) groups excluding carboxylic acids is 1. The monoisotopic (exact) mass is 398 g/mol. The number of aliphatic hydroxyl groups is 2. The molecule has 6 heteroatoms. The van der Waals surface area contributed by atoms with E-state index < -0.39 is 11.7 Å². The highest BCUT2D eigenvalue weighted by Crippen LogP contribution is 2.34. The van der Waals surface area contributed by atoms with Gasteiger partial charge in [-0.1, -0.05) is 24.3 Å². The first-order chi connectivity index (χ1) is 13.9. The lowest BCUT2D eigenvalue weighted by Gasteiger charge is -2.39. The van der Waals surface area contributed by atoms with Crippen molar-refractivity contribution < 1.29 is 19.4 Å². The topological polar surface area (TPSA) is 72.8 Å². The fourth-order valence-electron chi connectivity index (χ4n) is 3.88. The maximum atomic E-state index is 13.1. The van der Waals surface area contributed by atoms with Gasteiger partial charge in [-0.05, 0) is 61.1 Å². The zero-order chi connectivity index (χ0) is 20.4. The van der Waals surface area contributed by atoms with Gasteiger partial charge in [0.05, 0.1) is 11.7 Å². The summed E-state index contributed by atoms with van der Waals surface area (Å²) >= 11 is 0. The molecule has 4 rings (SSSR count). The number of anilines is 1. The molecule has 1 saturated carbocycles. The smallest absolute Gasteiger partial charge is 0.227 e. The van der Waals surface area contributed by atoms with Gasteiger partial charge in [0.25, 0.3) is 0 Å². The fourth-order valence-corrected chi connectivity index (χ4v) is 3.88. The lowest BCUT2D eigenvalue weighted by Crippen LogP contribution is -2.43. The number of likely N-dealkylation sites (tertiary alicyclic amines) is 1. The van der Waals surface area contributed by atoms with Gasteiger partial charge in [0.15, 0.2) is 0 Å². The van der Waals surface area contributed by atoms with Crippen molar-refractivity contribution in [1.82, 2.24) is 4.90 Å². The molecule has 0 unspecified atom stereocenters. The molecule has 0 bridgehead atoms. The second kappa shape index (κ2) is 8.22. The van der Waals surface area contributed by atoms with Crippen molar-refractivity contribution in [2.45, 2.75) is 37.4 Å². The van der Waals surface area contributed by atoms with Crippen LogP contribution in [0.1, 0.15) is 42.9 Å². The zero-order valence-corrected chi connectivity index (χ0v) is 16.4. The number of amides is 1. The van der Waals surface area contributed by atoms with E-state index in [4.69, 9.17) is 0 Å². The largest absolute Gasteiger partial charge is 0.387 e. The van der Waals surface area contributed by atoms with Crippen molar-refractivity contribution in [1.29, 1.82) is 0 Å². The molecule has 29 heavy (non-hydrogen) atoms. The maximum Gasteiger partial charge on any atom is 0.227 e. The number of halogens is 1. The predicted molar refractivity (Wildman–Crippen MR) is 109 cm³/mol. The molecule has 1 saturated heterocycles. The van der Waals surface area contributed by atoms with E-state index in [-0.39, 0.29) is 17.6 Å². The van der Waals surface area contributed by atoms with E-state index in [0.717, 1.165) is 29.7 Å². The highest BCUT2D eigenvalue weighted by molar-refractivity contribution is 5.94. The van der Waals surface area contributed by atoms with Crippen LogP contribution >= 0.6 is 0 Å². The quantitative estimate of drug-likeness (QED) is 0.699. The lowest BCUT2D eigenvalue weighted by molar-refractivity contribution is -0.117. The standard InChI is InChI=1S/C23H27FN2O3/c24-19-7-5-18(6-8-19)23(29)11-13-26(14-12-23)15-21(27)16-3-9-20(10-4-16)25-22(28)17-1-2-17/h3-10,17,21,27,29H,1-2,11-15H2,(H,25,28)/t21-/m1/s1. The van der Waals surface area contributed by atoms with Gasteiger partial charge >= 0.3 is 0 Å². The summed E-state index contributed by atoms with van der Waals surface area (Å²) in [5.41, 5.74) is 1.34. The van der Waals surface area contributed by atoms with E-state index in [1.165, 1.54) is 12.1 Å². The van der Waals surface area contributed by atoms with Gasteiger partial charge in [0.1, 0.15) is 5.82 Å². The van der Waals surface area contributed by atoms with Crippen LogP contribution in [0.15, 0.2) is 48.5 Å². The number of hydrogen-bond donors (Lipinski definition) is 3. The lowest BCUT2D eigenvalue weighted by atomic mass is 9.84. The van der Waals surface area contributed by atoms with E-state index in [0.29, 0.717) is 32.5 Å². The van der Waals surface area contributed by atoms with Crippen LogP contribution in [-0.4, -0.2) is 40.7 Å². The molecule has 2 fully saturated rings. The van der Waals surface area contributed by atoms with Crippen LogP contribution in [0.25, 0.3) is 0 Å². The Morgan fingerprint density at radius 3 is 2.31 bits per heavy atom. The molecule has 0 aromatic heterocycles. The number of rotatable bonds is 6. The predicted octanol–water partition coefficient (Wildman–Crippen LogP) is 3.19. The Hall–Kier alpha value is -2.28. The number of β-amino-alcohol motifs (C(OH)–C–C–N with tert-alkyl or cyclic N) is 1. The number of aliphatic hydroxyl groups excluding tert-OH is 1. The molecular weight excluding hydrogens is 371 g/mol. The van der Waals surface area contributed by atoms with Crippen molar-refractivity contribution in [2.24, 2.45) is 5.92 Å². The molecule has 1 heterocycles. The first kappa shape index (κ1) is 20.0. The van der Waals surface area contributed by atoms with Gasteiger partial charge in [-0.3, -0.25) is 4.79 Å². The Bertz CT molecular complexity index is 841. The molecule has 2 aliphatic rings. The van der Waals surface area contributed by atoms with Crippen LogP contribution in [0, 0.1) is 11.7 Å². The number of piperidine rings is 1. The Labute approximate surface area is 170 Å². The third-order valence-electron chi connectivity index (χ3n) is 6.01. The van der Waals surface area contributed by atoms with Crippen molar-refractivity contribution in [2.75, 3.05) is 25.0 Å². The molecule has 5 nitrogen and oxygen atoms in total. The van der Waals surface area contributed by atoms with E-state index in [9.17, 15) is 19.4 Å². The number of nitrogens with one attached hydrogen (secondary N) is 1. The SMILES string of the molecule is O=C(Nc1ccc([C@H](O)CN2CCC(O)(c3ccc(F)cc3)CC2)cc1)C1CC1. The second-order valence-electron chi connectivity index (χ2n) is 8.24. The number of carbonyl (C=O) groups is 1. The first-order valence-electron chi connectivity index (χ1n) is 10.2. The van der Waals surface area contributed by atoms with Crippen molar-refractivity contribution in [3.05, 3.63) is 65.5 Å². The van der Waals surface area contributed by atoms with Crippen LogP contribution in [-0.2, 0) is 10.4 Å². The minimum Gasteiger partial charge on any atom is -0.387 e. The second-order valence-corrected chi connectivity index (χ2v) is 8.24. The summed E-state index contributed by atoms with van der Waals surface area (Å²) in [5.74, 6) is -0.0794. The average molecular weight is 398 g/mol. The summed E-state index contributed by atoms with van der Waals surface area (Å²) in [7, 11) is 0. The summed E-state index contributed by atoms with van der Waals surface area (Å²) < 4.78 is 13.1. The number of nitrogens with zero attached hydrogens (tertiary/aromatic N) is 1. The van der Waals surface area contributed by atoms with E-state index >= 15 is 0 Å². The summed E-state index contributed by atoms with van der Waals surface area (Å²) in [6.07, 6.45) is 2.37. The van der Waals surface area contributed by atoms with Crippen molar-refractivity contribution >= 4 is 11.6 Å². The third kappa shape index (κ3) is 4.83. The normalized spacial score (nSPS) is 20.2. The van der Waals surface area contributed by atoms with Crippen LogP contribution in [0.2, 0.25) is 0 Å². The van der Waals surface area contributed by atoms with Crippen LogP contribution in [0.5, 0.6) is 0 Å². The molecular formula is C23H27FN2O3. The number of hydrogen-bond acceptors (Lipinski definition) is 4. The third-order valence-corrected chi connectivity index (χ3v) is 6.01.